The van der Waals surface area contributed by atoms with Crippen LogP contribution in [0.1, 0.15) is 61.3 Å². The molecule has 0 radical (unpaired) electrons. The van der Waals surface area contributed by atoms with Gasteiger partial charge >= 0.3 is 0 Å². The minimum Gasteiger partial charge on any atom is -0.383 e. The fraction of sp³-hybridized carbons (Fsp3) is 0.375. The number of halogens is 3. The van der Waals surface area contributed by atoms with E-state index in [9.17, 15) is 23.2 Å². The molecule has 4 rings (SSSR count). The third-order valence-electron chi connectivity index (χ3n) is 6.68. The van der Waals surface area contributed by atoms with E-state index in [2.05, 4.69) is 11.9 Å². The van der Waals surface area contributed by atoms with Crippen LogP contribution in [0.5, 0.6) is 0 Å². The van der Waals surface area contributed by atoms with Crippen molar-refractivity contribution in [2.45, 2.75) is 53.9 Å². The summed E-state index contributed by atoms with van der Waals surface area (Å²) in [5.74, 6) is -0.712. The first-order valence-electron chi connectivity index (χ1n) is 13.8. The molecular formula is C32H38ClF2N3O4. The summed E-state index contributed by atoms with van der Waals surface area (Å²) in [5, 5.41) is -0.0732. The molecule has 0 spiro atoms. The van der Waals surface area contributed by atoms with Gasteiger partial charge in [0.2, 0.25) is 5.91 Å². The molecule has 10 heteroatoms. The number of benzene rings is 2. The van der Waals surface area contributed by atoms with Gasteiger partial charge in [0.15, 0.2) is 0 Å². The maximum absolute atomic E-state index is 13.7. The maximum atomic E-state index is 13.7. The van der Waals surface area contributed by atoms with Gasteiger partial charge in [-0.15, -0.1) is 0 Å². The number of hydrogen-bond acceptors (Lipinski definition) is 5. The minimum atomic E-state index is -0.652. The molecule has 1 aromatic heterocycles. The molecule has 42 heavy (non-hydrogen) atoms. The Bertz CT molecular complexity index is 1470. The first kappa shape index (κ1) is 34.5. The number of allylic oxidation sites excluding steroid dienone is 2. The van der Waals surface area contributed by atoms with Crippen LogP contribution >= 0.6 is 11.6 Å². The van der Waals surface area contributed by atoms with E-state index in [4.69, 9.17) is 16.3 Å². The maximum Gasteiger partial charge on any atom is 0.276 e. The van der Waals surface area contributed by atoms with Gasteiger partial charge in [-0.1, -0.05) is 56.6 Å². The van der Waals surface area contributed by atoms with Crippen LogP contribution in [-0.4, -0.2) is 46.9 Å². The number of aldehydes is 1. The molecule has 1 aliphatic heterocycles. The zero-order valence-corrected chi connectivity index (χ0v) is 25.7. The van der Waals surface area contributed by atoms with Gasteiger partial charge in [0.05, 0.1) is 18.0 Å². The van der Waals surface area contributed by atoms with Crippen molar-refractivity contribution in [3.05, 3.63) is 104 Å². The number of rotatable bonds is 8. The fourth-order valence-electron chi connectivity index (χ4n) is 4.51. The summed E-state index contributed by atoms with van der Waals surface area (Å²) in [4.78, 5) is 41.2. The molecule has 1 aliphatic rings. The minimum absolute atomic E-state index is 0.0732. The Hall–Kier alpha value is -3.69. The zero-order chi connectivity index (χ0) is 31.4. The Morgan fingerprint density at radius 3 is 2.45 bits per heavy atom. The predicted molar refractivity (Wildman–Crippen MR) is 161 cm³/mol. The number of nitrogens with zero attached hydrogens (tertiary/aromatic N) is 3. The third-order valence-corrected chi connectivity index (χ3v) is 7.06. The summed E-state index contributed by atoms with van der Waals surface area (Å²) in [7, 11) is 1.65. The summed E-state index contributed by atoms with van der Waals surface area (Å²) < 4.78 is 33.0. The molecule has 0 saturated carbocycles. The third kappa shape index (κ3) is 8.66. The standard InChI is InChI=1S/C20H15ClF2N2O2.C10H17NO2.C2H6/c1-12-2-3-13(10-26)8-18(12)25-11-24-17(19(21)20(25)27)7-5-14-4-6-15(22)9-16(14)23;1-4-9-8(2)7-10(12)11(9)5-6-13-3;1-2/h2-4,6,8-11H,5,7H2,1H3;4,8H,5-7H2,1-3H3;1-2H3. The topological polar surface area (TPSA) is 81.5 Å². The Morgan fingerprint density at radius 2 is 1.83 bits per heavy atom. The summed E-state index contributed by atoms with van der Waals surface area (Å²) >= 11 is 6.19. The van der Waals surface area contributed by atoms with Crippen LogP contribution in [0, 0.1) is 24.5 Å². The van der Waals surface area contributed by atoms with Gasteiger partial charge in [-0.3, -0.25) is 19.0 Å². The summed E-state index contributed by atoms with van der Waals surface area (Å²) in [6.45, 7) is 11.1. The number of aromatic nitrogens is 2. The van der Waals surface area contributed by atoms with Crippen LogP contribution in [0.3, 0.4) is 0 Å². The van der Waals surface area contributed by atoms with Gasteiger partial charge < -0.3 is 9.64 Å². The fourth-order valence-corrected chi connectivity index (χ4v) is 4.75. The van der Waals surface area contributed by atoms with Crippen LogP contribution in [0.2, 0.25) is 5.02 Å². The molecule has 7 nitrogen and oxygen atoms in total. The van der Waals surface area contributed by atoms with Crippen LogP contribution in [0.15, 0.2) is 59.3 Å². The number of carbonyl (C=O) groups is 2. The van der Waals surface area contributed by atoms with E-state index >= 15 is 0 Å². The second-order valence-corrected chi connectivity index (χ2v) is 9.81. The molecule has 226 valence electrons. The van der Waals surface area contributed by atoms with E-state index in [1.807, 2.05) is 31.7 Å². The normalized spacial score (nSPS) is 15.2. The average molecular weight is 602 g/mol. The van der Waals surface area contributed by atoms with Crippen LogP contribution < -0.4 is 5.56 Å². The number of carbonyl (C=O) groups excluding carboxylic acids is 2. The van der Waals surface area contributed by atoms with Crippen LogP contribution in [0.4, 0.5) is 8.78 Å². The zero-order valence-electron chi connectivity index (χ0n) is 24.9. The van der Waals surface area contributed by atoms with E-state index in [0.717, 1.165) is 17.3 Å². The van der Waals surface area contributed by atoms with E-state index in [0.29, 0.717) is 54.3 Å². The second kappa shape index (κ2) is 16.7. The molecule has 3 aromatic rings. The first-order chi connectivity index (χ1) is 20.1. The van der Waals surface area contributed by atoms with Crippen molar-refractivity contribution in [2.24, 2.45) is 5.92 Å². The lowest BCUT2D eigenvalue weighted by atomic mass is 10.1. The quantitative estimate of drug-likeness (QED) is 0.275. The Kier molecular flexibility index (Phi) is 13.7. The molecule has 0 aliphatic carbocycles. The first-order valence-corrected chi connectivity index (χ1v) is 14.2. The lowest BCUT2D eigenvalue weighted by Crippen LogP contribution is -2.27. The average Bonchev–Trinajstić information content (AvgIpc) is 3.26. The van der Waals surface area contributed by atoms with Crippen molar-refractivity contribution in [1.82, 2.24) is 14.5 Å². The van der Waals surface area contributed by atoms with Crippen LogP contribution in [-0.2, 0) is 22.4 Å². The number of aryl methyl sites for hydroxylation is 3. The van der Waals surface area contributed by atoms with Crippen molar-refractivity contribution in [3.63, 3.8) is 0 Å². The van der Waals surface area contributed by atoms with E-state index in [-0.39, 0.29) is 23.8 Å². The van der Waals surface area contributed by atoms with Gasteiger partial charge in [0.25, 0.3) is 5.56 Å². The Balaban J connectivity index is 0.000000345. The highest BCUT2D eigenvalue weighted by atomic mass is 35.5. The molecule has 2 heterocycles. The van der Waals surface area contributed by atoms with Gasteiger partial charge in [0, 0.05) is 43.3 Å². The highest BCUT2D eigenvalue weighted by Gasteiger charge is 2.30. The summed E-state index contributed by atoms with van der Waals surface area (Å²) in [5.41, 5.74) is 3.01. The van der Waals surface area contributed by atoms with Crippen molar-refractivity contribution >= 4 is 23.8 Å². The van der Waals surface area contributed by atoms with Gasteiger partial charge in [-0.05, 0) is 49.9 Å². The summed E-state index contributed by atoms with van der Waals surface area (Å²) in [6.07, 6.45) is 5.14. The van der Waals surface area contributed by atoms with E-state index < -0.39 is 17.2 Å². The number of ether oxygens (including phenoxy) is 1. The molecule has 1 saturated heterocycles. The van der Waals surface area contributed by atoms with E-state index in [1.54, 1.807) is 32.2 Å². The molecule has 1 atom stereocenters. The van der Waals surface area contributed by atoms with Crippen molar-refractivity contribution in [3.8, 4) is 5.69 Å². The SMILES string of the molecule is CC.CC=C1C(C)CC(=O)N1CCOC.Cc1ccc(C=O)cc1-n1cnc(CCc2ccc(F)cc2F)c(Cl)c1=O. The van der Waals surface area contributed by atoms with Gasteiger partial charge in [-0.2, -0.15) is 0 Å². The van der Waals surface area contributed by atoms with Crippen molar-refractivity contribution < 1.29 is 23.1 Å². The molecule has 0 N–H and O–H groups in total. The highest BCUT2D eigenvalue weighted by Crippen LogP contribution is 2.28. The largest absolute Gasteiger partial charge is 0.383 e. The molecule has 0 bridgehead atoms. The van der Waals surface area contributed by atoms with E-state index in [1.165, 1.54) is 23.0 Å². The molecule has 2 aromatic carbocycles. The number of hydrogen-bond donors (Lipinski definition) is 0. The smallest absolute Gasteiger partial charge is 0.276 e. The highest BCUT2D eigenvalue weighted by molar-refractivity contribution is 6.31. The second-order valence-electron chi connectivity index (χ2n) is 9.44. The monoisotopic (exact) mass is 601 g/mol. The van der Waals surface area contributed by atoms with Crippen LogP contribution in [0.25, 0.3) is 5.69 Å². The van der Waals surface area contributed by atoms with Crippen molar-refractivity contribution in [1.29, 1.82) is 0 Å². The van der Waals surface area contributed by atoms with Gasteiger partial charge in [-0.25, -0.2) is 13.8 Å². The molecule has 1 fully saturated rings. The Labute approximate surface area is 250 Å². The number of likely N-dealkylation sites (tertiary alicyclic amines) is 1. The predicted octanol–water partition coefficient (Wildman–Crippen LogP) is 6.50. The lowest BCUT2D eigenvalue weighted by Gasteiger charge is -2.18. The van der Waals surface area contributed by atoms with Gasteiger partial charge in [0.1, 0.15) is 29.3 Å². The molecule has 1 unspecified atom stereocenters. The lowest BCUT2D eigenvalue weighted by molar-refractivity contribution is -0.127. The van der Waals surface area contributed by atoms with Crippen molar-refractivity contribution in [2.75, 3.05) is 20.3 Å². The number of amides is 1. The summed E-state index contributed by atoms with van der Waals surface area (Å²) in [6, 6.07) is 8.30. The molecule has 1 amide bonds. The molecular weight excluding hydrogens is 564 g/mol. The Morgan fingerprint density at radius 1 is 1.12 bits per heavy atom. The number of methoxy groups -OCH3 is 1.